The summed E-state index contributed by atoms with van der Waals surface area (Å²) in [5, 5.41) is 0. The molecule has 1 amide bonds. The lowest BCUT2D eigenvalue weighted by Gasteiger charge is -2.24. The summed E-state index contributed by atoms with van der Waals surface area (Å²) in [5.41, 5.74) is -0.564. The molecule has 1 saturated heterocycles. The Morgan fingerprint density at radius 3 is 2.30 bits per heavy atom. The molecular weight excluding hydrogens is 282 g/mol. The predicted octanol–water partition coefficient (Wildman–Crippen LogP) is 0.754. The Bertz CT molecular complexity index is 477. The molecule has 0 N–H and O–H groups in total. The topological polar surface area (TPSA) is 80.8 Å². The van der Waals surface area contributed by atoms with Gasteiger partial charge in [0.15, 0.2) is 9.84 Å². The monoisotopic (exact) mass is 305 g/mol. The molecule has 0 saturated carbocycles. The van der Waals surface area contributed by atoms with Crippen LogP contribution in [-0.4, -0.2) is 55.4 Å². The molecule has 1 atom stereocenters. The van der Waals surface area contributed by atoms with E-state index < -0.39 is 21.4 Å². The van der Waals surface area contributed by atoms with Crippen LogP contribution in [0.4, 0.5) is 0 Å². The zero-order chi connectivity index (χ0) is 15.6. The van der Waals surface area contributed by atoms with Crippen LogP contribution in [0.25, 0.3) is 0 Å². The van der Waals surface area contributed by atoms with Crippen molar-refractivity contribution in [2.75, 3.05) is 18.6 Å². The van der Waals surface area contributed by atoms with Crippen molar-refractivity contribution in [3.05, 3.63) is 0 Å². The third-order valence-corrected chi connectivity index (χ3v) is 4.86. The third-order valence-electron chi connectivity index (χ3n) is 3.11. The standard InChI is InChI=1S/C13H23NO5S/c1-13(2,3)19-12(16)6-5-11(15)14(4)10-7-8-20(17,18)9-10/h10H,5-9H2,1-4H3. The van der Waals surface area contributed by atoms with Gasteiger partial charge in [0.1, 0.15) is 5.60 Å². The first-order chi connectivity index (χ1) is 9.00. The lowest BCUT2D eigenvalue weighted by molar-refractivity contribution is -0.156. The number of sulfone groups is 1. The van der Waals surface area contributed by atoms with E-state index in [1.54, 1.807) is 27.8 Å². The average Bonchev–Trinajstić information content (AvgIpc) is 2.63. The highest BCUT2D eigenvalue weighted by atomic mass is 32.2. The first-order valence-corrected chi connectivity index (χ1v) is 8.50. The van der Waals surface area contributed by atoms with Crippen LogP contribution in [0, 0.1) is 0 Å². The van der Waals surface area contributed by atoms with E-state index in [2.05, 4.69) is 0 Å². The maximum Gasteiger partial charge on any atom is 0.306 e. The van der Waals surface area contributed by atoms with Gasteiger partial charge in [0, 0.05) is 19.5 Å². The Balaban J connectivity index is 2.42. The Hall–Kier alpha value is -1.11. The lowest BCUT2D eigenvalue weighted by Crippen LogP contribution is -2.38. The van der Waals surface area contributed by atoms with Gasteiger partial charge in [-0.15, -0.1) is 0 Å². The van der Waals surface area contributed by atoms with Gasteiger partial charge < -0.3 is 9.64 Å². The van der Waals surface area contributed by atoms with Crippen molar-refractivity contribution in [2.45, 2.75) is 51.7 Å². The number of rotatable bonds is 4. The molecule has 1 aliphatic heterocycles. The van der Waals surface area contributed by atoms with Crippen molar-refractivity contribution in [1.29, 1.82) is 0 Å². The summed E-state index contributed by atoms with van der Waals surface area (Å²) in [6.45, 7) is 5.30. The number of amides is 1. The number of hydrogen-bond acceptors (Lipinski definition) is 5. The minimum atomic E-state index is -3.01. The molecule has 1 fully saturated rings. The van der Waals surface area contributed by atoms with Crippen molar-refractivity contribution in [2.24, 2.45) is 0 Å². The number of hydrogen-bond donors (Lipinski definition) is 0. The van der Waals surface area contributed by atoms with Gasteiger partial charge in [-0.1, -0.05) is 0 Å². The zero-order valence-electron chi connectivity index (χ0n) is 12.5. The molecule has 1 rings (SSSR count). The van der Waals surface area contributed by atoms with Gasteiger partial charge in [0.25, 0.3) is 0 Å². The maximum absolute atomic E-state index is 11.9. The highest BCUT2D eigenvalue weighted by Gasteiger charge is 2.32. The third kappa shape index (κ3) is 5.48. The molecule has 20 heavy (non-hydrogen) atoms. The van der Waals surface area contributed by atoms with Gasteiger partial charge >= 0.3 is 5.97 Å². The van der Waals surface area contributed by atoms with E-state index >= 15 is 0 Å². The number of ether oxygens (including phenoxy) is 1. The van der Waals surface area contributed by atoms with Crippen molar-refractivity contribution < 1.29 is 22.7 Å². The second-order valence-electron chi connectivity index (χ2n) is 6.15. The fourth-order valence-electron chi connectivity index (χ4n) is 2.06. The fourth-order valence-corrected chi connectivity index (χ4v) is 3.84. The van der Waals surface area contributed by atoms with Crippen molar-refractivity contribution in [3.63, 3.8) is 0 Å². The minimum Gasteiger partial charge on any atom is -0.460 e. The smallest absolute Gasteiger partial charge is 0.306 e. The van der Waals surface area contributed by atoms with Crippen LogP contribution in [-0.2, 0) is 24.2 Å². The number of carbonyl (C=O) groups excluding carboxylic acids is 2. The number of nitrogens with zero attached hydrogens (tertiary/aromatic N) is 1. The normalized spacial score (nSPS) is 21.5. The molecule has 0 aromatic carbocycles. The molecule has 0 aliphatic carbocycles. The van der Waals surface area contributed by atoms with Crippen LogP contribution < -0.4 is 0 Å². The summed E-state index contributed by atoms with van der Waals surface area (Å²) in [7, 11) is -1.43. The second kappa shape index (κ2) is 6.11. The SMILES string of the molecule is CN(C(=O)CCC(=O)OC(C)(C)C)C1CCS(=O)(=O)C1. The molecule has 0 radical (unpaired) electrons. The summed E-state index contributed by atoms with van der Waals surface area (Å²) < 4.78 is 27.9. The van der Waals surface area contributed by atoms with Gasteiger partial charge in [-0.3, -0.25) is 9.59 Å². The minimum absolute atomic E-state index is 0.0138. The van der Waals surface area contributed by atoms with Crippen molar-refractivity contribution in [1.82, 2.24) is 4.90 Å². The van der Waals surface area contributed by atoms with Crippen LogP contribution >= 0.6 is 0 Å². The summed E-state index contributed by atoms with van der Waals surface area (Å²) in [6.07, 6.45) is 0.527. The van der Waals surface area contributed by atoms with Crippen molar-refractivity contribution in [3.8, 4) is 0 Å². The summed E-state index contributed by atoms with van der Waals surface area (Å²) in [6, 6.07) is -0.272. The molecule has 6 nitrogen and oxygen atoms in total. The molecule has 1 aliphatic rings. The van der Waals surface area contributed by atoms with E-state index in [0.29, 0.717) is 6.42 Å². The number of esters is 1. The highest BCUT2D eigenvalue weighted by molar-refractivity contribution is 7.91. The second-order valence-corrected chi connectivity index (χ2v) is 8.38. The van der Waals surface area contributed by atoms with Gasteiger partial charge in [0.2, 0.25) is 5.91 Å². The molecule has 116 valence electrons. The van der Waals surface area contributed by atoms with Crippen LogP contribution in [0.5, 0.6) is 0 Å². The first-order valence-electron chi connectivity index (χ1n) is 6.68. The zero-order valence-corrected chi connectivity index (χ0v) is 13.3. The van der Waals surface area contributed by atoms with Gasteiger partial charge in [-0.05, 0) is 27.2 Å². The molecule has 0 aromatic heterocycles. The van der Waals surface area contributed by atoms with E-state index in [1.165, 1.54) is 4.90 Å². The van der Waals surface area contributed by atoms with Crippen LogP contribution in [0.1, 0.15) is 40.0 Å². The largest absolute Gasteiger partial charge is 0.460 e. The Labute approximate surface area is 120 Å². The Morgan fingerprint density at radius 1 is 1.25 bits per heavy atom. The summed E-state index contributed by atoms with van der Waals surface area (Å²) in [4.78, 5) is 24.9. The molecular formula is C13H23NO5S. The molecule has 0 aromatic rings. The van der Waals surface area contributed by atoms with E-state index in [-0.39, 0.29) is 36.3 Å². The molecule has 0 spiro atoms. The summed E-state index contributed by atoms with van der Waals surface area (Å²) in [5.74, 6) is -0.500. The average molecular weight is 305 g/mol. The molecule has 7 heteroatoms. The predicted molar refractivity (Wildman–Crippen MR) is 74.9 cm³/mol. The van der Waals surface area contributed by atoms with E-state index in [1.807, 2.05) is 0 Å². The highest BCUT2D eigenvalue weighted by Crippen LogP contribution is 2.18. The van der Waals surface area contributed by atoms with E-state index in [0.717, 1.165) is 0 Å². The van der Waals surface area contributed by atoms with Gasteiger partial charge in [-0.2, -0.15) is 0 Å². The van der Waals surface area contributed by atoms with Gasteiger partial charge in [-0.25, -0.2) is 8.42 Å². The lowest BCUT2D eigenvalue weighted by atomic mass is 10.2. The van der Waals surface area contributed by atoms with Crippen LogP contribution in [0.3, 0.4) is 0 Å². The Morgan fingerprint density at radius 2 is 1.85 bits per heavy atom. The molecule has 1 heterocycles. The molecule has 1 unspecified atom stereocenters. The quantitative estimate of drug-likeness (QED) is 0.716. The van der Waals surface area contributed by atoms with E-state index in [9.17, 15) is 18.0 Å². The van der Waals surface area contributed by atoms with Crippen LogP contribution in [0.15, 0.2) is 0 Å². The number of carbonyl (C=O) groups is 2. The molecule has 0 bridgehead atoms. The first kappa shape index (κ1) is 16.9. The fraction of sp³-hybridized carbons (Fsp3) is 0.846. The maximum atomic E-state index is 11.9. The Kier molecular flexibility index (Phi) is 5.18. The summed E-state index contributed by atoms with van der Waals surface area (Å²) >= 11 is 0. The van der Waals surface area contributed by atoms with E-state index in [4.69, 9.17) is 4.74 Å². The van der Waals surface area contributed by atoms with Crippen molar-refractivity contribution >= 4 is 21.7 Å². The van der Waals surface area contributed by atoms with Gasteiger partial charge in [0.05, 0.1) is 17.9 Å². The van der Waals surface area contributed by atoms with Crippen LogP contribution in [0.2, 0.25) is 0 Å².